The van der Waals surface area contributed by atoms with Crippen LogP contribution in [-0.2, 0) is 14.3 Å². The Labute approximate surface area is 126 Å². The fraction of sp³-hybridized carbons (Fsp3) is 0.375. The number of carbonyl (C=O) groups excluding carboxylic acids is 2. The molecule has 1 aromatic carbocycles. The van der Waals surface area contributed by atoms with Crippen LogP contribution in [0.1, 0.15) is 0 Å². The molecule has 6 heteroatoms. The van der Waals surface area contributed by atoms with Gasteiger partial charge in [0.25, 0.3) is 0 Å². The van der Waals surface area contributed by atoms with Gasteiger partial charge in [-0.15, -0.1) is 0 Å². The number of fused-ring (bicyclic) bond motifs is 1. The number of ether oxygens (including phenoxy) is 2. The number of methoxy groups -OCH3 is 1. The van der Waals surface area contributed by atoms with E-state index in [1.165, 1.54) is 0 Å². The van der Waals surface area contributed by atoms with Crippen LogP contribution in [0, 0.1) is 11.8 Å². The number of hydrogen-bond acceptors (Lipinski definition) is 5. The van der Waals surface area contributed by atoms with E-state index in [4.69, 9.17) is 9.47 Å². The molecule has 0 aliphatic carbocycles. The van der Waals surface area contributed by atoms with Gasteiger partial charge in [0, 0.05) is 17.6 Å². The largest absolute Gasteiger partial charge is 0.550 e. The molecule has 0 unspecified atom stereocenters. The Morgan fingerprint density at radius 2 is 2.14 bits per heavy atom. The van der Waals surface area contributed by atoms with Gasteiger partial charge < -0.3 is 24.3 Å². The van der Waals surface area contributed by atoms with Crippen LogP contribution in [-0.4, -0.2) is 37.2 Å². The van der Waals surface area contributed by atoms with Gasteiger partial charge in [-0.1, -0.05) is 12.2 Å². The predicted molar refractivity (Wildman–Crippen MR) is 74.1 cm³/mol. The summed E-state index contributed by atoms with van der Waals surface area (Å²) in [5.41, 5.74) is -0.140. The number of anilines is 1. The summed E-state index contributed by atoms with van der Waals surface area (Å²) in [7, 11) is 1.57. The number of rotatable bonds is 3. The lowest BCUT2D eigenvalue weighted by atomic mass is 9.77. The predicted octanol–water partition coefficient (Wildman–Crippen LogP) is -0.269. The first-order valence-electron chi connectivity index (χ1n) is 7.09. The van der Waals surface area contributed by atoms with Crippen LogP contribution in [0.15, 0.2) is 36.4 Å². The molecule has 2 fully saturated rings. The first-order valence-corrected chi connectivity index (χ1v) is 7.09. The van der Waals surface area contributed by atoms with Gasteiger partial charge in [-0.05, 0) is 24.3 Å². The Morgan fingerprint density at radius 1 is 1.41 bits per heavy atom. The first kappa shape index (κ1) is 13.3. The quantitative estimate of drug-likeness (QED) is 0.718. The third-order valence-corrected chi connectivity index (χ3v) is 4.76. The second-order valence-electron chi connectivity index (χ2n) is 5.84. The average Bonchev–Trinajstić information content (AvgIpc) is 3.15. The molecule has 4 atom stereocenters. The second-order valence-corrected chi connectivity index (χ2v) is 5.84. The molecule has 1 amide bonds. The second kappa shape index (κ2) is 4.33. The molecule has 3 aliphatic rings. The number of aliphatic carboxylic acids is 1. The molecule has 0 saturated carbocycles. The van der Waals surface area contributed by atoms with Crippen molar-refractivity contribution in [2.45, 2.75) is 11.7 Å². The van der Waals surface area contributed by atoms with Crippen molar-refractivity contribution in [3.05, 3.63) is 36.4 Å². The van der Waals surface area contributed by atoms with E-state index in [9.17, 15) is 14.7 Å². The van der Waals surface area contributed by atoms with Gasteiger partial charge >= 0.3 is 0 Å². The van der Waals surface area contributed by atoms with Crippen molar-refractivity contribution in [2.24, 2.45) is 11.8 Å². The summed E-state index contributed by atoms with van der Waals surface area (Å²) in [5, 5.41) is 11.4. The maximum Gasteiger partial charge on any atom is 0.234 e. The van der Waals surface area contributed by atoms with Gasteiger partial charge in [-0.2, -0.15) is 0 Å². The van der Waals surface area contributed by atoms with Gasteiger partial charge in [0.2, 0.25) is 5.91 Å². The molecule has 0 radical (unpaired) electrons. The molecule has 3 heterocycles. The summed E-state index contributed by atoms with van der Waals surface area (Å²) in [5.74, 6) is -2.40. The molecule has 3 aliphatic heterocycles. The molecule has 4 rings (SSSR count). The molecule has 22 heavy (non-hydrogen) atoms. The number of carboxylic acid groups (broad SMARTS) is 1. The zero-order valence-electron chi connectivity index (χ0n) is 11.9. The van der Waals surface area contributed by atoms with E-state index in [-0.39, 0.29) is 5.91 Å². The van der Waals surface area contributed by atoms with Crippen LogP contribution in [0.4, 0.5) is 5.69 Å². The van der Waals surface area contributed by atoms with Crippen LogP contribution >= 0.6 is 0 Å². The molecule has 0 N–H and O–H groups in total. The zero-order valence-corrected chi connectivity index (χ0v) is 11.9. The highest BCUT2D eigenvalue weighted by Gasteiger charge is 2.65. The topological polar surface area (TPSA) is 78.9 Å². The first-order chi connectivity index (χ1) is 10.6. The number of nitrogens with zero attached hydrogens (tertiary/aromatic N) is 1. The molecule has 114 valence electrons. The average molecular weight is 300 g/mol. The maximum absolute atomic E-state index is 12.7. The van der Waals surface area contributed by atoms with Crippen LogP contribution in [0.5, 0.6) is 5.75 Å². The number of amides is 1. The van der Waals surface area contributed by atoms with Gasteiger partial charge in [-0.25, -0.2) is 0 Å². The third kappa shape index (κ3) is 1.58. The summed E-state index contributed by atoms with van der Waals surface area (Å²) in [6.07, 6.45) is 2.99. The number of carboxylic acids is 1. The number of hydrogen-bond donors (Lipinski definition) is 0. The van der Waals surface area contributed by atoms with Crippen LogP contribution in [0.3, 0.4) is 0 Å². The zero-order chi connectivity index (χ0) is 15.5. The lowest BCUT2D eigenvalue weighted by Gasteiger charge is -2.24. The van der Waals surface area contributed by atoms with E-state index in [0.29, 0.717) is 18.0 Å². The van der Waals surface area contributed by atoms with E-state index in [1.807, 2.05) is 6.08 Å². The Bertz CT molecular complexity index is 682. The fourth-order valence-corrected chi connectivity index (χ4v) is 3.75. The lowest BCUT2D eigenvalue weighted by Crippen LogP contribution is -2.45. The van der Waals surface area contributed by atoms with Crippen molar-refractivity contribution in [2.75, 3.05) is 18.6 Å². The van der Waals surface area contributed by atoms with Crippen LogP contribution in [0.2, 0.25) is 0 Å². The van der Waals surface area contributed by atoms with E-state index < -0.39 is 29.5 Å². The molecule has 6 nitrogen and oxygen atoms in total. The minimum atomic E-state index is -1.23. The minimum absolute atomic E-state index is 0.230. The standard InChI is InChI=1S/C16H15NO5/c1-21-10-4-2-9(3-5-10)17-8-16-7-6-11(22-16)12(15(19)20)13(16)14(17)18/h2-7,11-13H,8H2,1H3,(H,19,20)/p-1/t11-,12-,13+,16-/m1/s1. The van der Waals surface area contributed by atoms with Gasteiger partial charge in [0.05, 0.1) is 25.7 Å². The molecule has 2 saturated heterocycles. The minimum Gasteiger partial charge on any atom is -0.550 e. The van der Waals surface area contributed by atoms with E-state index >= 15 is 0 Å². The van der Waals surface area contributed by atoms with Gasteiger partial charge in [-0.3, -0.25) is 4.79 Å². The van der Waals surface area contributed by atoms with Gasteiger partial charge in [0.1, 0.15) is 11.4 Å². The van der Waals surface area contributed by atoms with Crippen LogP contribution < -0.4 is 14.7 Å². The maximum atomic E-state index is 12.7. The molecule has 2 bridgehead atoms. The highest BCUT2D eigenvalue weighted by Crippen LogP contribution is 2.52. The highest BCUT2D eigenvalue weighted by molar-refractivity contribution is 6.02. The molecular formula is C16H14NO5-. The summed E-state index contributed by atoms with van der Waals surface area (Å²) >= 11 is 0. The van der Waals surface area contributed by atoms with Crippen molar-refractivity contribution in [1.82, 2.24) is 0 Å². The summed E-state index contributed by atoms with van der Waals surface area (Å²) in [4.78, 5) is 25.7. The molecule has 1 aromatic rings. The monoisotopic (exact) mass is 300 g/mol. The number of benzene rings is 1. The smallest absolute Gasteiger partial charge is 0.234 e. The van der Waals surface area contributed by atoms with Crippen molar-refractivity contribution < 1.29 is 24.2 Å². The van der Waals surface area contributed by atoms with Gasteiger partial charge in [0.15, 0.2) is 0 Å². The summed E-state index contributed by atoms with van der Waals surface area (Å²) < 4.78 is 10.9. The SMILES string of the molecule is COc1ccc(N2C[C@@]34C=C[C@@H](O3)[C@@H](C(=O)[O-])[C@H]4C2=O)cc1. The number of carbonyl (C=O) groups is 2. The van der Waals surface area contributed by atoms with E-state index in [2.05, 4.69) is 0 Å². The van der Waals surface area contributed by atoms with Crippen molar-refractivity contribution in [1.29, 1.82) is 0 Å². The lowest BCUT2D eigenvalue weighted by molar-refractivity contribution is -0.313. The van der Waals surface area contributed by atoms with Crippen LogP contribution in [0.25, 0.3) is 0 Å². The molecule has 0 aromatic heterocycles. The normalized spacial score (nSPS) is 35.0. The third-order valence-electron chi connectivity index (χ3n) is 4.76. The molecule has 1 spiro atoms. The van der Waals surface area contributed by atoms with Crippen molar-refractivity contribution in [3.8, 4) is 5.75 Å². The molecular weight excluding hydrogens is 286 g/mol. The van der Waals surface area contributed by atoms with Crippen molar-refractivity contribution >= 4 is 17.6 Å². The Kier molecular flexibility index (Phi) is 2.62. The highest BCUT2D eigenvalue weighted by atomic mass is 16.5. The fourth-order valence-electron chi connectivity index (χ4n) is 3.75. The van der Waals surface area contributed by atoms with E-state index in [0.717, 1.165) is 0 Å². The Hall–Kier alpha value is -2.34. The summed E-state index contributed by atoms with van der Waals surface area (Å²) in [6.45, 7) is 0.319. The van der Waals surface area contributed by atoms with Crippen molar-refractivity contribution in [3.63, 3.8) is 0 Å². The summed E-state index contributed by atoms with van der Waals surface area (Å²) in [6, 6.07) is 7.08. The Morgan fingerprint density at radius 3 is 2.77 bits per heavy atom. The van der Waals surface area contributed by atoms with E-state index in [1.54, 1.807) is 42.4 Å². The Balaban J connectivity index is 1.70.